The number of nitrogens with one attached hydrogen (secondary N) is 1. The zero-order chi connectivity index (χ0) is 17.1. The van der Waals surface area contributed by atoms with Gasteiger partial charge in [0, 0.05) is 33.8 Å². The number of carbonyl (C=O) groups excluding carboxylic acids is 1. The highest BCUT2D eigenvalue weighted by Gasteiger charge is 2.12. The van der Waals surface area contributed by atoms with Gasteiger partial charge in [-0.25, -0.2) is 9.07 Å². The van der Waals surface area contributed by atoms with E-state index in [0.29, 0.717) is 10.6 Å². The fraction of sp³-hybridized carbons (Fsp3) is 0.0588. The fourth-order valence-corrected chi connectivity index (χ4v) is 2.66. The molecule has 122 valence electrons. The fourth-order valence-electron chi connectivity index (χ4n) is 2.14. The number of amides is 1. The minimum atomic E-state index is -1.07. The predicted molar refractivity (Wildman–Crippen MR) is 90.2 cm³/mol. The Hall–Kier alpha value is -2.80. The molecule has 1 heterocycles. The number of benzene rings is 2. The van der Waals surface area contributed by atoms with Gasteiger partial charge in [0.05, 0.1) is 0 Å². The molecule has 0 aliphatic carbocycles. The molecule has 1 atom stereocenters. The van der Waals surface area contributed by atoms with Gasteiger partial charge in [0.1, 0.15) is 11.5 Å². The number of carbonyl (C=O) groups is 1. The number of hydrogen-bond acceptors (Lipinski definition) is 3. The highest BCUT2D eigenvalue weighted by Crippen LogP contribution is 2.15. The molecule has 0 saturated carbocycles. The van der Waals surface area contributed by atoms with Crippen LogP contribution in [0.3, 0.4) is 0 Å². The van der Waals surface area contributed by atoms with Gasteiger partial charge in [-0.2, -0.15) is 5.10 Å². The first-order valence-electron chi connectivity index (χ1n) is 7.10. The van der Waals surface area contributed by atoms with Crippen LogP contribution in [-0.2, 0) is 10.8 Å². The first-order valence-corrected chi connectivity index (χ1v) is 8.66. The van der Waals surface area contributed by atoms with Crippen LogP contribution < -0.4 is 5.32 Å². The molecule has 5 nitrogen and oxygen atoms in total. The van der Waals surface area contributed by atoms with Crippen LogP contribution in [0, 0.1) is 5.82 Å². The number of nitrogens with zero attached hydrogens (tertiary/aromatic N) is 2. The smallest absolute Gasteiger partial charge is 0.276 e. The molecule has 0 aliphatic heterocycles. The third-order valence-corrected chi connectivity index (χ3v) is 4.30. The monoisotopic (exact) mass is 343 g/mol. The number of halogens is 1. The third kappa shape index (κ3) is 3.41. The summed E-state index contributed by atoms with van der Waals surface area (Å²) >= 11 is 0. The van der Waals surface area contributed by atoms with E-state index in [1.807, 2.05) is 0 Å². The summed E-state index contributed by atoms with van der Waals surface area (Å²) in [7, 11) is -1.07. The standard InChI is InChI=1S/C17H14FN3O2S/c1-24(23)13-8-6-12(7-9-13)19-17(22)15-10-11-21(20-15)16-5-3-2-4-14(16)18/h2-11H,1H3,(H,19,22)/t24-/m0/s1. The van der Waals surface area contributed by atoms with Crippen LogP contribution in [0.2, 0.25) is 0 Å². The number of hydrogen-bond donors (Lipinski definition) is 1. The average molecular weight is 343 g/mol. The maximum atomic E-state index is 13.7. The molecule has 0 fully saturated rings. The summed E-state index contributed by atoms with van der Waals surface area (Å²) < 4.78 is 26.4. The number of aromatic nitrogens is 2. The van der Waals surface area contributed by atoms with E-state index in [4.69, 9.17) is 0 Å². The lowest BCUT2D eigenvalue weighted by atomic mass is 10.3. The predicted octanol–water partition coefficient (Wildman–Crippen LogP) is 3.00. The second kappa shape index (κ2) is 6.76. The van der Waals surface area contributed by atoms with Gasteiger partial charge in [-0.05, 0) is 42.5 Å². The Morgan fingerprint density at radius 1 is 1.12 bits per heavy atom. The molecule has 1 aromatic heterocycles. The zero-order valence-electron chi connectivity index (χ0n) is 12.8. The maximum absolute atomic E-state index is 13.7. The largest absolute Gasteiger partial charge is 0.321 e. The maximum Gasteiger partial charge on any atom is 0.276 e. The van der Waals surface area contributed by atoms with Crippen molar-refractivity contribution in [3.05, 3.63) is 72.3 Å². The molecule has 24 heavy (non-hydrogen) atoms. The molecule has 1 amide bonds. The summed E-state index contributed by atoms with van der Waals surface area (Å²) in [5, 5.41) is 6.80. The van der Waals surface area contributed by atoms with Crippen LogP contribution in [0.25, 0.3) is 5.69 Å². The van der Waals surface area contributed by atoms with Crippen molar-refractivity contribution >= 4 is 22.4 Å². The van der Waals surface area contributed by atoms with Crippen LogP contribution >= 0.6 is 0 Å². The molecule has 0 saturated heterocycles. The minimum absolute atomic E-state index is 0.168. The normalized spacial score (nSPS) is 11.9. The molecule has 3 aromatic rings. The Morgan fingerprint density at radius 2 is 1.83 bits per heavy atom. The quantitative estimate of drug-likeness (QED) is 0.792. The van der Waals surface area contributed by atoms with Crippen LogP contribution in [0.1, 0.15) is 10.5 Å². The first-order chi connectivity index (χ1) is 11.5. The topological polar surface area (TPSA) is 64.0 Å². The van der Waals surface area contributed by atoms with Crippen molar-refractivity contribution in [3.8, 4) is 5.69 Å². The lowest BCUT2D eigenvalue weighted by molar-refractivity contribution is 0.102. The lowest BCUT2D eigenvalue weighted by Gasteiger charge is -2.04. The van der Waals surface area contributed by atoms with Crippen LogP contribution in [0.4, 0.5) is 10.1 Å². The number of rotatable bonds is 4. The Bertz CT molecular complexity index is 906. The summed E-state index contributed by atoms with van der Waals surface area (Å²) in [6.45, 7) is 0. The Kier molecular flexibility index (Phi) is 4.52. The van der Waals surface area contributed by atoms with Gasteiger partial charge in [-0.1, -0.05) is 12.1 Å². The van der Waals surface area contributed by atoms with E-state index in [1.54, 1.807) is 48.7 Å². The third-order valence-electron chi connectivity index (χ3n) is 3.37. The van der Waals surface area contributed by atoms with Crippen molar-refractivity contribution < 1.29 is 13.4 Å². The molecule has 0 spiro atoms. The van der Waals surface area contributed by atoms with Gasteiger partial charge in [0.2, 0.25) is 0 Å². The van der Waals surface area contributed by atoms with E-state index < -0.39 is 22.5 Å². The van der Waals surface area contributed by atoms with E-state index in [2.05, 4.69) is 10.4 Å². The number of anilines is 1. The average Bonchev–Trinajstić information content (AvgIpc) is 3.05. The van der Waals surface area contributed by atoms with Gasteiger partial charge in [-0.3, -0.25) is 9.00 Å². The highest BCUT2D eigenvalue weighted by molar-refractivity contribution is 7.84. The molecular weight excluding hydrogens is 329 g/mol. The van der Waals surface area contributed by atoms with Crippen molar-refractivity contribution in [3.63, 3.8) is 0 Å². The van der Waals surface area contributed by atoms with Gasteiger partial charge in [0.15, 0.2) is 5.69 Å². The van der Waals surface area contributed by atoms with E-state index in [0.717, 1.165) is 0 Å². The van der Waals surface area contributed by atoms with Gasteiger partial charge >= 0.3 is 0 Å². The second-order valence-electron chi connectivity index (χ2n) is 5.03. The van der Waals surface area contributed by atoms with Crippen molar-refractivity contribution in [1.29, 1.82) is 0 Å². The molecule has 3 rings (SSSR count). The van der Waals surface area contributed by atoms with E-state index >= 15 is 0 Å². The van der Waals surface area contributed by atoms with Gasteiger partial charge < -0.3 is 5.32 Å². The van der Waals surface area contributed by atoms with Crippen molar-refractivity contribution in [2.24, 2.45) is 0 Å². The number of para-hydroxylation sites is 1. The van der Waals surface area contributed by atoms with E-state index in [-0.39, 0.29) is 11.4 Å². The van der Waals surface area contributed by atoms with E-state index in [1.165, 1.54) is 23.0 Å². The second-order valence-corrected chi connectivity index (χ2v) is 6.41. The molecule has 7 heteroatoms. The molecule has 0 radical (unpaired) electrons. The van der Waals surface area contributed by atoms with Crippen LogP contribution in [-0.4, -0.2) is 26.2 Å². The Balaban J connectivity index is 1.76. The van der Waals surface area contributed by atoms with Crippen LogP contribution in [0.15, 0.2) is 65.7 Å². The van der Waals surface area contributed by atoms with Crippen molar-refractivity contribution in [1.82, 2.24) is 9.78 Å². The van der Waals surface area contributed by atoms with Gasteiger partial charge in [0.25, 0.3) is 5.91 Å². The molecule has 2 aromatic carbocycles. The van der Waals surface area contributed by atoms with Crippen molar-refractivity contribution in [2.75, 3.05) is 11.6 Å². The summed E-state index contributed by atoms with van der Waals surface area (Å²) in [6.07, 6.45) is 3.11. The molecule has 1 N–H and O–H groups in total. The zero-order valence-corrected chi connectivity index (χ0v) is 13.6. The molecule has 0 aliphatic rings. The first kappa shape index (κ1) is 16.1. The van der Waals surface area contributed by atoms with E-state index in [9.17, 15) is 13.4 Å². The molecular formula is C17H14FN3O2S. The minimum Gasteiger partial charge on any atom is -0.321 e. The Morgan fingerprint density at radius 3 is 2.50 bits per heavy atom. The molecule has 0 bridgehead atoms. The SMILES string of the molecule is C[S@](=O)c1ccc(NC(=O)c2ccn(-c3ccccc3F)n2)cc1. The summed E-state index contributed by atoms with van der Waals surface area (Å²) in [5.74, 6) is -0.828. The summed E-state index contributed by atoms with van der Waals surface area (Å²) in [6, 6.07) is 14.4. The summed E-state index contributed by atoms with van der Waals surface area (Å²) in [5.41, 5.74) is 1.00. The van der Waals surface area contributed by atoms with Crippen LogP contribution in [0.5, 0.6) is 0 Å². The Labute approximate surface area is 140 Å². The van der Waals surface area contributed by atoms with Gasteiger partial charge in [-0.15, -0.1) is 0 Å². The summed E-state index contributed by atoms with van der Waals surface area (Å²) in [4.78, 5) is 12.9. The van der Waals surface area contributed by atoms with Crippen molar-refractivity contribution in [2.45, 2.75) is 4.90 Å². The highest BCUT2D eigenvalue weighted by atomic mass is 32.2. The lowest BCUT2D eigenvalue weighted by Crippen LogP contribution is -2.13. The molecule has 0 unspecified atom stereocenters.